The second kappa shape index (κ2) is 15.7. The summed E-state index contributed by atoms with van der Waals surface area (Å²) in [6, 6.07) is 0. The standard InChI is InChI=1S/C18H30O2/c1-2-3-4-5-6-7-8-9-10-11-12-13-14-15-16-17-18(19)20/h5-10H,2-4,11-17H2,1H3,(H,19,20)/b6-5+,8-7?,10-9?. The fourth-order valence-electron chi connectivity index (χ4n) is 1.87. The number of carboxylic acid groups (broad SMARTS) is 1. The van der Waals surface area contributed by atoms with Crippen LogP contribution in [0.4, 0.5) is 0 Å². The molecule has 0 aromatic heterocycles. The van der Waals surface area contributed by atoms with Crippen LogP contribution in [0.3, 0.4) is 0 Å². The van der Waals surface area contributed by atoms with Crippen LogP contribution in [-0.2, 0) is 4.79 Å². The molecular weight excluding hydrogens is 248 g/mol. The lowest BCUT2D eigenvalue weighted by molar-refractivity contribution is -0.137. The van der Waals surface area contributed by atoms with Gasteiger partial charge < -0.3 is 5.11 Å². The van der Waals surface area contributed by atoms with Crippen LogP contribution >= 0.6 is 0 Å². The first kappa shape index (κ1) is 18.7. The maximum Gasteiger partial charge on any atom is 0.303 e. The summed E-state index contributed by atoms with van der Waals surface area (Å²) in [6.45, 7) is 2.21. The van der Waals surface area contributed by atoms with E-state index in [2.05, 4.69) is 43.4 Å². The van der Waals surface area contributed by atoms with Crippen LogP contribution in [0.25, 0.3) is 0 Å². The van der Waals surface area contributed by atoms with Gasteiger partial charge in [0, 0.05) is 6.42 Å². The molecule has 2 heteroatoms. The zero-order chi connectivity index (χ0) is 14.9. The minimum Gasteiger partial charge on any atom is -0.481 e. The van der Waals surface area contributed by atoms with E-state index in [0.717, 1.165) is 25.7 Å². The number of hydrogen-bond donors (Lipinski definition) is 1. The quantitative estimate of drug-likeness (QED) is 0.348. The van der Waals surface area contributed by atoms with Crippen molar-refractivity contribution in [3.05, 3.63) is 36.5 Å². The Morgan fingerprint density at radius 1 is 0.800 bits per heavy atom. The summed E-state index contributed by atoms with van der Waals surface area (Å²) in [7, 11) is 0. The Labute approximate surface area is 124 Å². The number of rotatable bonds is 13. The first-order valence-electron chi connectivity index (χ1n) is 7.97. The van der Waals surface area contributed by atoms with Crippen molar-refractivity contribution in [2.45, 2.75) is 71.1 Å². The summed E-state index contributed by atoms with van der Waals surface area (Å²) in [5.41, 5.74) is 0. The molecule has 0 aliphatic carbocycles. The molecule has 0 aliphatic heterocycles. The number of carboxylic acids is 1. The largest absolute Gasteiger partial charge is 0.481 e. The van der Waals surface area contributed by atoms with Crippen LogP contribution in [0.2, 0.25) is 0 Å². The van der Waals surface area contributed by atoms with Crippen LogP contribution in [0.5, 0.6) is 0 Å². The molecule has 0 spiro atoms. The molecule has 0 atom stereocenters. The zero-order valence-corrected chi connectivity index (χ0v) is 12.9. The highest BCUT2D eigenvalue weighted by molar-refractivity contribution is 5.66. The lowest BCUT2D eigenvalue weighted by Gasteiger charge is -1.97. The van der Waals surface area contributed by atoms with Crippen LogP contribution in [0.1, 0.15) is 71.1 Å². The smallest absolute Gasteiger partial charge is 0.303 e. The van der Waals surface area contributed by atoms with Gasteiger partial charge in [-0.2, -0.15) is 0 Å². The molecule has 0 unspecified atom stereocenters. The minimum atomic E-state index is -0.677. The second-order valence-electron chi connectivity index (χ2n) is 5.08. The van der Waals surface area contributed by atoms with Crippen molar-refractivity contribution < 1.29 is 9.90 Å². The van der Waals surface area contributed by atoms with E-state index in [1.54, 1.807) is 0 Å². The van der Waals surface area contributed by atoms with Crippen LogP contribution in [0, 0.1) is 0 Å². The average molecular weight is 278 g/mol. The van der Waals surface area contributed by atoms with Crippen molar-refractivity contribution in [2.75, 3.05) is 0 Å². The molecule has 2 nitrogen and oxygen atoms in total. The Bertz CT molecular complexity index is 301. The predicted molar refractivity (Wildman–Crippen MR) is 86.9 cm³/mol. The fraction of sp³-hybridized carbons (Fsp3) is 0.611. The van der Waals surface area contributed by atoms with Crippen molar-refractivity contribution in [1.82, 2.24) is 0 Å². The van der Waals surface area contributed by atoms with Crippen molar-refractivity contribution in [2.24, 2.45) is 0 Å². The maximum absolute atomic E-state index is 10.3. The molecule has 0 saturated heterocycles. The molecule has 0 aromatic carbocycles. The van der Waals surface area contributed by atoms with Crippen molar-refractivity contribution >= 4 is 5.97 Å². The molecule has 0 saturated carbocycles. The second-order valence-corrected chi connectivity index (χ2v) is 5.08. The van der Waals surface area contributed by atoms with Crippen molar-refractivity contribution in [3.8, 4) is 0 Å². The van der Waals surface area contributed by atoms with Gasteiger partial charge in [0.05, 0.1) is 0 Å². The summed E-state index contributed by atoms with van der Waals surface area (Å²) < 4.78 is 0. The van der Waals surface area contributed by atoms with Gasteiger partial charge in [0.25, 0.3) is 0 Å². The Balaban J connectivity index is 3.29. The average Bonchev–Trinajstić information content (AvgIpc) is 2.43. The summed E-state index contributed by atoms with van der Waals surface area (Å²) in [4.78, 5) is 10.3. The molecule has 1 N–H and O–H groups in total. The molecule has 0 amide bonds. The van der Waals surface area contributed by atoms with Gasteiger partial charge in [0.15, 0.2) is 0 Å². The molecule has 20 heavy (non-hydrogen) atoms. The van der Waals surface area contributed by atoms with Gasteiger partial charge in [0.1, 0.15) is 0 Å². The Kier molecular flexibility index (Phi) is 14.7. The summed E-state index contributed by atoms with van der Waals surface area (Å²) in [5, 5.41) is 8.50. The van der Waals surface area contributed by atoms with E-state index in [1.807, 2.05) is 0 Å². The van der Waals surface area contributed by atoms with E-state index < -0.39 is 5.97 Å². The minimum absolute atomic E-state index is 0.316. The summed E-state index contributed by atoms with van der Waals surface area (Å²) >= 11 is 0. The van der Waals surface area contributed by atoms with Gasteiger partial charge in [-0.3, -0.25) is 4.79 Å². The third kappa shape index (κ3) is 16.7. The highest BCUT2D eigenvalue weighted by Crippen LogP contribution is 2.07. The number of allylic oxidation sites excluding steroid dienone is 6. The molecule has 0 aromatic rings. The van der Waals surface area contributed by atoms with Crippen LogP contribution in [-0.4, -0.2) is 11.1 Å². The maximum atomic E-state index is 10.3. The van der Waals surface area contributed by atoms with Crippen molar-refractivity contribution in [3.63, 3.8) is 0 Å². The van der Waals surface area contributed by atoms with E-state index in [4.69, 9.17) is 5.11 Å². The molecule has 0 aliphatic rings. The fourth-order valence-corrected chi connectivity index (χ4v) is 1.87. The van der Waals surface area contributed by atoms with E-state index in [0.29, 0.717) is 6.42 Å². The Hall–Kier alpha value is -1.31. The monoisotopic (exact) mass is 278 g/mol. The lowest BCUT2D eigenvalue weighted by atomic mass is 10.1. The summed E-state index contributed by atoms with van der Waals surface area (Å²) in [5.74, 6) is -0.677. The van der Waals surface area contributed by atoms with Crippen molar-refractivity contribution in [1.29, 1.82) is 0 Å². The molecule has 0 fully saturated rings. The number of carbonyl (C=O) groups is 1. The first-order chi connectivity index (χ1) is 9.77. The van der Waals surface area contributed by atoms with Gasteiger partial charge >= 0.3 is 5.97 Å². The number of unbranched alkanes of at least 4 members (excludes halogenated alkanes) is 7. The highest BCUT2D eigenvalue weighted by atomic mass is 16.4. The number of hydrogen-bond acceptors (Lipinski definition) is 1. The normalized spacial score (nSPS) is 12.1. The van der Waals surface area contributed by atoms with Gasteiger partial charge in [-0.1, -0.05) is 75.5 Å². The van der Waals surface area contributed by atoms with Gasteiger partial charge in [-0.15, -0.1) is 0 Å². The first-order valence-corrected chi connectivity index (χ1v) is 7.97. The van der Waals surface area contributed by atoms with Gasteiger partial charge in [0.2, 0.25) is 0 Å². The van der Waals surface area contributed by atoms with E-state index in [1.165, 1.54) is 32.1 Å². The zero-order valence-electron chi connectivity index (χ0n) is 12.9. The highest BCUT2D eigenvalue weighted by Gasteiger charge is 1.95. The van der Waals surface area contributed by atoms with Crippen LogP contribution in [0.15, 0.2) is 36.5 Å². The topological polar surface area (TPSA) is 37.3 Å². The van der Waals surface area contributed by atoms with Crippen LogP contribution < -0.4 is 0 Å². The number of aliphatic carboxylic acids is 1. The van der Waals surface area contributed by atoms with Gasteiger partial charge in [-0.25, -0.2) is 0 Å². The molecule has 0 rings (SSSR count). The van der Waals surface area contributed by atoms with E-state index >= 15 is 0 Å². The predicted octanol–water partition coefficient (Wildman–Crippen LogP) is 5.66. The Morgan fingerprint density at radius 3 is 1.95 bits per heavy atom. The molecule has 0 heterocycles. The third-order valence-electron chi connectivity index (χ3n) is 3.09. The lowest BCUT2D eigenvalue weighted by Crippen LogP contribution is -1.93. The molecular formula is C18H30O2. The van der Waals surface area contributed by atoms with Gasteiger partial charge in [-0.05, 0) is 25.7 Å². The molecule has 0 bridgehead atoms. The molecule has 0 radical (unpaired) electrons. The molecule has 114 valence electrons. The summed E-state index contributed by atoms with van der Waals surface area (Å²) in [6.07, 6.45) is 23.3. The van der Waals surface area contributed by atoms with E-state index in [9.17, 15) is 4.79 Å². The van der Waals surface area contributed by atoms with E-state index in [-0.39, 0.29) is 0 Å². The third-order valence-corrected chi connectivity index (χ3v) is 3.09. The SMILES string of the molecule is CCCC/C=C/C=CC=CCCCCCCCC(=O)O. The Morgan fingerprint density at radius 2 is 1.35 bits per heavy atom.